The zero-order valence-corrected chi connectivity index (χ0v) is 12.7. The first-order valence-corrected chi connectivity index (χ1v) is 6.92. The number of thiocarbonyl (C=S) groups is 1. The summed E-state index contributed by atoms with van der Waals surface area (Å²) in [4.78, 5) is 0.554. The van der Waals surface area contributed by atoms with Gasteiger partial charge in [0.25, 0.3) is 0 Å². The zero-order valence-electron chi connectivity index (χ0n) is 11.1. The summed E-state index contributed by atoms with van der Waals surface area (Å²) in [5, 5.41) is 0.774. The second kappa shape index (κ2) is 6.95. The van der Waals surface area contributed by atoms with Crippen molar-refractivity contribution < 1.29 is 4.74 Å². The van der Waals surface area contributed by atoms with E-state index in [2.05, 4.69) is 6.92 Å². The second-order valence-electron chi connectivity index (χ2n) is 4.62. The molecule has 0 saturated heterocycles. The van der Waals surface area contributed by atoms with Crippen LogP contribution in [0, 0.1) is 12.8 Å². The molecule has 0 aliphatic carbocycles. The van der Waals surface area contributed by atoms with Crippen LogP contribution in [0.1, 0.15) is 31.4 Å². The third-order valence-corrected chi connectivity index (χ3v) is 3.33. The average molecular weight is 286 g/mol. The lowest BCUT2D eigenvalue weighted by atomic mass is 9.96. The van der Waals surface area contributed by atoms with Gasteiger partial charge in [-0.2, -0.15) is 0 Å². The molecule has 0 spiro atoms. The molecule has 1 aromatic rings. The van der Waals surface area contributed by atoms with E-state index in [9.17, 15) is 0 Å². The summed E-state index contributed by atoms with van der Waals surface area (Å²) >= 11 is 11.1. The minimum atomic E-state index is 0.389. The first kappa shape index (κ1) is 15.3. The molecule has 0 aliphatic heterocycles. The summed E-state index contributed by atoms with van der Waals surface area (Å²) in [7, 11) is 0. The van der Waals surface area contributed by atoms with Crippen LogP contribution in [-0.2, 0) is 6.42 Å². The molecule has 0 heterocycles. The quantitative estimate of drug-likeness (QED) is 0.805. The Kier molecular flexibility index (Phi) is 5.89. The maximum atomic E-state index is 6.17. The van der Waals surface area contributed by atoms with Crippen LogP contribution in [0.2, 0.25) is 5.02 Å². The fraction of sp³-hybridized carbons (Fsp3) is 0.500. The number of benzene rings is 1. The van der Waals surface area contributed by atoms with Crippen molar-refractivity contribution in [3.05, 3.63) is 28.3 Å². The smallest absolute Gasteiger partial charge is 0.122 e. The molecule has 2 N–H and O–H groups in total. The van der Waals surface area contributed by atoms with Crippen molar-refractivity contribution in [3.8, 4) is 5.75 Å². The number of nitrogens with two attached hydrogens (primary N) is 1. The van der Waals surface area contributed by atoms with Gasteiger partial charge in [0.05, 0.1) is 11.6 Å². The highest BCUT2D eigenvalue weighted by atomic mass is 35.5. The van der Waals surface area contributed by atoms with Gasteiger partial charge < -0.3 is 10.5 Å². The van der Waals surface area contributed by atoms with Crippen LogP contribution in [0.15, 0.2) is 12.1 Å². The monoisotopic (exact) mass is 285 g/mol. The van der Waals surface area contributed by atoms with Gasteiger partial charge in [0.15, 0.2) is 0 Å². The molecule has 0 radical (unpaired) electrons. The Bertz CT molecular complexity index is 434. The molecule has 100 valence electrons. The SMILES string of the molecule is CCOc1cc(C)c(Cl)cc1CC(C)CC(N)=S. The van der Waals surface area contributed by atoms with Crippen molar-refractivity contribution in [1.29, 1.82) is 0 Å². The van der Waals surface area contributed by atoms with Crippen molar-refractivity contribution in [1.82, 2.24) is 0 Å². The van der Waals surface area contributed by atoms with Crippen molar-refractivity contribution >= 4 is 28.8 Å². The number of halogens is 1. The highest BCUT2D eigenvalue weighted by Gasteiger charge is 2.12. The van der Waals surface area contributed by atoms with Gasteiger partial charge in [0, 0.05) is 11.4 Å². The molecule has 1 unspecified atom stereocenters. The third kappa shape index (κ3) is 4.46. The lowest BCUT2D eigenvalue weighted by Crippen LogP contribution is -2.14. The maximum Gasteiger partial charge on any atom is 0.122 e. The number of hydrogen-bond donors (Lipinski definition) is 1. The van der Waals surface area contributed by atoms with Crippen LogP contribution in [-0.4, -0.2) is 11.6 Å². The fourth-order valence-corrected chi connectivity index (χ4v) is 2.41. The molecular formula is C14H20ClNOS. The second-order valence-corrected chi connectivity index (χ2v) is 5.55. The molecule has 1 atom stereocenters. The van der Waals surface area contributed by atoms with Gasteiger partial charge in [-0.15, -0.1) is 0 Å². The predicted octanol–water partition coefficient (Wildman–Crippen LogP) is 3.90. The highest BCUT2D eigenvalue weighted by Crippen LogP contribution is 2.29. The van der Waals surface area contributed by atoms with Crippen LogP contribution in [0.5, 0.6) is 5.75 Å². The minimum Gasteiger partial charge on any atom is -0.494 e. The first-order valence-electron chi connectivity index (χ1n) is 6.14. The number of rotatable bonds is 6. The van der Waals surface area contributed by atoms with E-state index in [0.717, 1.165) is 34.7 Å². The molecule has 1 rings (SSSR count). The molecule has 18 heavy (non-hydrogen) atoms. The van der Waals surface area contributed by atoms with E-state index < -0.39 is 0 Å². The van der Waals surface area contributed by atoms with E-state index in [-0.39, 0.29) is 0 Å². The Morgan fingerprint density at radius 2 is 2.17 bits per heavy atom. The summed E-state index contributed by atoms with van der Waals surface area (Å²) in [6.45, 7) is 6.74. The van der Waals surface area contributed by atoms with E-state index in [4.69, 9.17) is 34.3 Å². The lowest BCUT2D eigenvalue weighted by Gasteiger charge is -2.16. The summed E-state index contributed by atoms with van der Waals surface area (Å²) in [5.41, 5.74) is 7.73. The Morgan fingerprint density at radius 1 is 1.50 bits per heavy atom. The summed E-state index contributed by atoms with van der Waals surface area (Å²) in [6, 6.07) is 3.98. The molecule has 0 bridgehead atoms. The van der Waals surface area contributed by atoms with Gasteiger partial charge in [0.2, 0.25) is 0 Å². The van der Waals surface area contributed by atoms with E-state index in [1.54, 1.807) is 0 Å². The fourth-order valence-electron chi connectivity index (χ4n) is 1.94. The molecule has 0 aliphatic rings. The summed E-state index contributed by atoms with van der Waals surface area (Å²) < 4.78 is 5.66. The van der Waals surface area contributed by atoms with Gasteiger partial charge in [-0.1, -0.05) is 30.7 Å². The van der Waals surface area contributed by atoms with E-state index in [0.29, 0.717) is 17.5 Å². The van der Waals surface area contributed by atoms with E-state index in [1.807, 2.05) is 26.0 Å². The summed E-state index contributed by atoms with van der Waals surface area (Å²) in [6.07, 6.45) is 1.61. The van der Waals surface area contributed by atoms with Crippen LogP contribution in [0.4, 0.5) is 0 Å². The number of hydrogen-bond acceptors (Lipinski definition) is 2. The van der Waals surface area contributed by atoms with Crippen LogP contribution in [0.3, 0.4) is 0 Å². The molecule has 0 aromatic heterocycles. The van der Waals surface area contributed by atoms with Crippen LogP contribution < -0.4 is 10.5 Å². The Labute approximate surface area is 119 Å². The summed E-state index contributed by atoms with van der Waals surface area (Å²) in [5.74, 6) is 1.30. The van der Waals surface area contributed by atoms with E-state index >= 15 is 0 Å². The van der Waals surface area contributed by atoms with Gasteiger partial charge in [-0.3, -0.25) is 0 Å². The van der Waals surface area contributed by atoms with Crippen molar-refractivity contribution in [3.63, 3.8) is 0 Å². The topological polar surface area (TPSA) is 35.2 Å². The standard InChI is InChI=1S/C14H20ClNOS/c1-4-17-13-7-10(3)12(15)8-11(13)5-9(2)6-14(16)18/h7-9H,4-6H2,1-3H3,(H2,16,18). The van der Waals surface area contributed by atoms with Crippen molar-refractivity contribution in [2.24, 2.45) is 11.7 Å². The third-order valence-electron chi connectivity index (χ3n) is 2.76. The Hall–Kier alpha value is -0.800. The Morgan fingerprint density at radius 3 is 2.72 bits per heavy atom. The van der Waals surface area contributed by atoms with Crippen LogP contribution in [0.25, 0.3) is 0 Å². The largest absolute Gasteiger partial charge is 0.494 e. The molecular weight excluding hydrogens is 266 g/mol. The molecule has 0 fully saturated rings. The highest BCUT2D eigenvalue weighted by molar-refractivity contribution is 7.80. The van der Waals surface area contributed by atoms with Crippen molar-refractivity contribution in [2.45, 2.75) is 33.6 Å². The normalized spacial score (nSPS) is 12.2. The number of ether oxygens (including phenoxy) is 1. The van der Waals surface area contributed by atoms with E-state index in [1.165, 1.54) is 0 Å². The average Bonchev–Trinajstić information content (AvgIpc) is 2.24. The molecule has 0 saturated carbocycles. The van der Waals surface area contributed by atoms with Crippen molar-refractivity contribution in [2.75, 3.05) is 6.61 Å². The first-order chi connectivity index (χ1) is 8.43. The van der Waals surface area contributed by atoms with Gasteiger partial charge in [-0.05, 0) is 49.4 Å². The predicted molar refractivity (Wildman–Crippen MR) is 81.6 cm³/mol. The van der Waals surface area contributed by atoms with Gasteiger partial charge in [-0.25, -0.2) is 0 Å². The van der Waals surface area contributed by atoms with Gasteiger partial charge in [0.1, 0.15) is 5.75 Å². The number of aryl methyl sites for hydroxylation is 1. The molecule has 4 heteroatoms. The van der Waals surface area contributed by atoms with Crippen LogP contribution >= 0.6 is 23.8 Å². The lowest BCUT2D eigenvalue weighted by molar-refractivity contribution is 0.334. The molecule has 2 nitrogen and oxygen atoms in total. The van der Waals surface area contributed by atoms with Gasteiger partial charge >= 0.3 is 0 Å². The minimum absolute atomic E-state index is 0.389. The molecule has 0 amide bonds. The zero-order chi connectivity index (χ0) is 13.7. The molecule has 1 aromatic carbocycles. The Balaban J connectivity index is 2.91. The maximum absolute atomic E-state index is 6.17.